The van der Waals surface area contributed by atoms with E-state index in [1.807, 2.05) is 0 Å². The number of hydrogen-bond acceptors (Lipinski definition) is 5. The molecular weight excluding hydrogens is 408 g/mol. The van der Waals surface area contributed by atoms with Gasteiger partial charge in [0.2, 0.25) is 0 Å². The molecule has 30 heavy (non-hydrogen) atoms. The van der Waals surface area contributed by atoms with Gasteiger partial charge in [-0.05, 0) is 6.42 Å². The molecule has 2 N–H and O–H groups in total. The first-order valence-corrected chi connectivity index (χ1v) is 13.1. The highest BCUT2D eigenvalue weighted by atomic mass is 32.2. The van der Waals surface area contributed by atoms with Crippen LogP contribution in [0.25, 0.3) is 0 Å². The summed E-state index contributed by atoms with van der Waals surface area (Å²) in [7, 11) is -4.42. The van der Waals surface area contributed by atoms with Crippen LogP contribution in [0.1, 0.15) is 116 Å². The van der Waals surface area contributed by atoms with Gasteiger partial charge in [-0.3, -0.25) is 13.8 Å². The molecule has 0 saturated heterocycles. The zero-order chi connectivity index (χ0) is 22.7. The molecule has 1 atom stereocenters. The Morgan fingerprint density at radius 3 is 1.40 bits per heavy atom. The van der Waals surface area contributed by atoms with Crippen LogP contribution in [0.5, 0.6) is 0 Å². The van der Waals surface area contributed by atoms with Gasteiger partial charge in [0, 0.05) is 0 Å². The van der Waals surface area contributed by atoms with E-state index in [4.69, 9.17) is 14.4 Å². The maximum atomic E-state index is 11.8. The zero-order valence-electron chi connectivity index (χ0n) is 18.6. The van der Waals surface area contributed by atoms with Crippen molar-refractivity contribution in [1.29, 1.82) is 0 Å². The Bertz CT molecular complexity index is 546. The lowest BCUT2D eigenvalue weighted by Crippen LogP contribution is -2.34. The van der Waals surface area contributed by atoms with E-state index >= 15 is 0 Å². The van der Waals surface area contributed by atoms with E-state index in [1.54, 1.807) is 0 Å². The van der Waals surface area contributed by atoms with Crippen LogP contribution in [0.4, 0.5) is 0 Å². The van der Waals surface area contributed by atoms with Crippen LogP contribution < -0.4 is 0 Å². The minimum Gasteiger partial charge on any atom is -0.481 e. The Kier molecular flexibility index (Phi) is 17.9. The molecule has 0 aromatic heterocycles. The highest BCUT2D eigenvalue weighted by Gasteiger charge is 2.35. The fourth-order valence-corrected chi connectivity index (χ4v) is 4.49. The van der Waals surface area contributed by atoms with Crippen molar-refractivity contribution in [3.8, 4) is 0 Å². The van der Waals surface area contributed by atoms with Gasteiger partial charge in [0.1, 0.15) is 0 Å². The standard InChI is InChI=1S/C22H42O7S/c1-2-3-4-5-6-7-8-9-10-11-12-13-14-15-16-17-18-29-30(27,28)20(22(25)26)19-21(23)24/h20H,2-19H2,1H3,(H,23,24)(H,25,26). The van der Waals surface area contributed by atoms with E-state index in [9.17, 15) is 18.0 Å². The van der Waals surface area contributed by atoms with Crippen molar-refractivity contribution >= 4 is 22.1 Å². The summed E-state index contributed by atoms with van der Waals surface area (Å²) in [6.45, 7) is 2.14. The fraction of sp³-hybridized carbons (Fsp3) is 0.909. The van der Waals surface area contributed by atoms with Crippen molar-refractivity contribution in [1.82, 2.24) is 0 Å². The van der Waals surface area contributed by atoms with Crippen LogP contribution in [0.15, 0.2) is 0 Å². The van der Waals surface area contributed by atoms with Gasteiger partial charge in [-0.1, -0.05) is 103 Å². The van der Waals surface area contributed by atoms with Gasteiger partial charge in [0.25, 0.3) is 10.1 Å². The average Bonchev–Trinajstić information content (AvgIpc) is 2.68. The van der Waals surface area contributed by atoms with E-state index in [-0.39, 0.29) is 6.61 Å². The van der Waals surface area contributed by atoms with E-state index in [0.717, 1.165) is 19.3 Å². The van der Waals surface area contributed by atoms with Gasteiger partial charge < -0.3 is 10.2 Å². The van der Waals surface area contributed by atoms with Crippen molar-refractivity contribution in [2.24, 2.45) is 0 Å². The molecule has 0 aromatic carbocycles. The fourth-order valence-electron chi connectivity index (χ4n) is 3.38. The molecule has 0 aliphatic carbocycles. The van der Waals surface area contributed by atoms with Crippen molar-refractivity contribution in [2.75, 3.05) is 6.61 Å². The van der Waals surface area contributed by atoms with E-state index < -0.39 is 33.7 Å². The summed E-state index contributed by atoms with van der Waals surface area (Å²) in [4.78, 5) is 21.6. The normalized spacial score (nSPS) is 12.7. The predicted molar refractivity (Wildman–Crippen MR) is 118 cm³/mol. The maximum Gasteiger partial charge on any atom is 0.325 e. The second kappa shape index (κ2) is 18.6. The third-order valence-electron chi connectivity index (χ3n) is 5.23. The van der Waals surface area contributed by atoms with Crippen LogP contribution in [-0.4, -0.2) is 42.4 Å². The first-order chi connectivity index (χ1) is 14.3. The Labute approximate surface area is 182 Å². The minimum absolute atomic E-state index is 0.107. The molecule has 0 amide bonds. The summed E-state index contributed by atoms with van der Waals surface area (Å²) in [6, 6.07) is 0. The molecule has 0 radical (unpaired) electrons. The molecule has 7 nitrogen and oxygen atoms in total. The van der Waals surface area contributed by atoms with Crippen LogP contribution in [-0.2, 0) is 23.9 Å². The monoisotopic (exact) mass is 450 g/mol. The zero-order valence-corrected chi connectivity index (χ0v) is 19.5. The van der Waals surface area contributed by atoms with E-state index in [1.165, 1.54) is 77.0 Å². The molecule has 0 heterocycles. The van der Waals surface area contributed by atoms with Gasteiger partial charge in [-0.25, -0.2) is 0 Å². The van der Waals surface area contributed by atoms with Gasteiger partial charge in [0.15, 0.2) is 5.25 Å². The highest BCUT2D eigenvalue weighted by Crippen LogP contribution is 2.14. The average molecular weight is 451 g/mol. The quantitative estimate of drug-likeness (QED) is 0.165. The summed E-state index contributed by atoms with van der Waals surface area (Å²) in [5.74, 6) is -3.19. The first-order valence-electron chi connectivity index (χ1n) is 11.6. The second-order valence-electron chi connectivity index (χ2n) is 8.04. The van der Waals surface area contributed by atoms with Gasteiger partial charge in [0.05, 0.1) is 13.0 Å². The SMILES string of the molecule is CCCCCCCCCCCCCCCCCCOS(=O)(=O)C(CC(=O)O)C(=O)O. The van der Waals surface area contributed by atoms with Crippen molar-refractivity contribution < 1.29 is 32.4 Å². The van der Waals surface area contributed by atoms with Crippen LogP contribution >= 0.6 is 0 Å². The summed E-state index contributed by atoms with van der Waals surface area (Å²) >= 11 is 0. The predicted octanol–water partition coefficient (Wildman–Crippen LogP) is 5.52. The van der Waals surface area contributed by atoms with Gasteiger partial charge >= 0.3 is 11.9 Å². The summed E-state index contributed by atoms with van der Waals surface area (Å²) in [5, 5.41) is 15.5. The van der Waals surface area contributed by atoms with Crippen LogP contribution in [0.2, 0.25) is 0 Å². The Morgan fingerprint density at radius 1 is 0.700 bits per heavy atom. The number of carboxylic acids is 2. The molecule has 0 bridgehead atoms. The largest absolute Gasteiger partial charge is 0.481 e. The van der Waals surface area contributed by atoms with Gasteiger partial charge in [-0.2, -0.15) is 8.42 Å². The van der Waals surface area contributed by atoms with E-state index in [0.29, 0.717) is 6.42 Å². The lowest BCUT2D eigenvalue weighted by atomic mass is 10.0. The summed E-state index contributed by atoms with van der Waals surface area (Å²) in [6.07, 6.45) is 18.2. The Morgan fingerprint density at radius 2 is 1.07 bits per heavy atom. The second-order valence-corrected chi connectivity index (χ2v) is 9.83. The Hall–Kier alpha value is -1.15. The third-order valence-corrected chi connectivity index (χ3v) is 6.79. The minimum atomic E-state index is -4.42. The maximum absolute atomic E-state index is 11.8. The molecular formula is C22H42O7S. The third kappa shape index (κ3) is 16.6. The number of rotatable bonds is 22. The number of carbonyl (C=O) groups is 2. The molecule has 0 spiro atoms. The first kappa shape index (κ1) is 28.9. The van der Waals surface area contributed by atoms with Crippen molar-refractivity contribution in [3.63, 3.8) is 0 Å². The van der Waals surface area contributed by atoms with Crippen molar-refractivity contribution in [3.05, 3.63) is 0 Å². The molecule has 178 valence electrons. The number of aliphatic carboxylic acids is 2. The topological polar surface area (TPSA) is 118 Å². The molecule has 0 saturated carbocycles. The molecule has 1 unspecified atom stereocenters. The van der Waals surface area contributed by atoms with Crippen LogP contribution in [0, 0.1) is 0 Å². The highest BCUT2D eigenvalue weighted by molar-refractivity contribution is 7.88. The van der Waals surface area contributed by atoms with Crippen molar-refractivity contribution in [2.45, 2.75) is 121 Å². The summed E-state index contributed by atoms with van der Waals surface area (Å²) < 4.78 is 28.3. The molecule has 0 aliphatic rings. The smallest absolute Gasteiger partial charge is 0.325 e. The molecule has 0 fully saturated rings. The van der Waals surface area contributed by atoms with E-state index in [2.05, 4.69) is 6.92 Å². The number of unbranched alkanes of at least 4 members (excludes halogenated alkanes) is 15. The number of carboxylic acid groups (broad SMARTS) is 2. The Balaban J connectivity index is 3.53. The molecule has 0 aromatic rings. The lowest BCUT2D eigenvalue weighted by Gasteiger charge is -2.11. The molecule has 0 rings (SSSR count). The van der Waals surface area contributed by atoms with Gasteiger partial charge in [-0.15, -0.1) is 0 Å². The molecule has 8 heteroatoms. The lowest BCUT2D eigenvalue weighted by molar-refractivity contribution is -0.143. The summed E-state index contributed by atoms with van der Waals surface area (Å²) in [5.41, 5.74) is 0. The molecule has 0 aliphatic heterocycles. The number of hydrogen-bond donors (Lipinski definition) is 2. The van der Waals surface area contributed by atoms with Crippen LogP contribution in [0.3, 0.4) is 0 Å².